The lowest BCUT2D eigenvalue weighted by molar-refractivity contribution is -0.384. The molecule has 0 aromatic heterocycles. The summed E-state index contributed by atoms with van der Waals surface area (Å²) in [5.41, 5.74) is 3.08. The van der Waals surface area contributed by atoms with E-state index >= 15 is 0 Å². The average molecular weight is 427 g/mol. The van der Waals surface area contributed by atoms with Crippen LogP contribution in [0.5, 0.6) is 0 Å². The molecule has 4 rings (SSSR count). The molecule has 3 aromatic rings. The molecule has 0 radical (unpaired) electrons. The third kappa shape index (κ3) is 3.82. The smallest absolute Gasteiger partial charge is 0.269 e. The predicted octanol–water partition coefficient (Wildman–Crippen LogP) is 6.13. The Bertz CT molecular complexity index is 1180. The van der Waals surface area contributed by atoms with Crippen LogP contribution in [0, 0.1) is 10.1 Å². The first-order chi connectivity index (χ1) is 15.2. The Kier molecular flexibility index (Phi) is 5.43. The number of carbonyl (C=O) groups excluding carboxylic acids is 1. The van der Waals surface area contributed by atoms with Crippen LogP contribution in [-0.4, -0.2) is 16.4 Å². The van der Waals surface area contributed by atoms with Gasteiger partial charge in [-0.25, -0.2) is 0 Å². The fraction of sp³-hybridized carbons (Fsp3) is 0.222. The Morgan fingerprint density at radius 3 is 2.22 bits per heavy atom. The minimum atomic E-state index is -0.469. The minimum Gasteiger partial charge on any atom is -0.303 e. The van der Waals surface area contributed by atoms with E-state index in [4.69, 9.17) is 0 Å². The van der Waals surface area contributed by atoms with Crippen molar-refractivity contribution in [1.82, 2.24) is 0 Å². The van der Waals surface area contributed by atoms with Gasteiger partial charge in [0.15, 0.2) is 0 Å². The van der Waals surface area contributed by atoms with Gasteiger partial charge in [0.05, 0.1) is 4.92 Å². The summed E-state index contributed by atoms with van der Waals surface area (Å²) < 4.78 is 0. The number of hydrogen-bond acceptors (Lipinski definition) is 3. The van der Waals surface area contributed by atoms with E-state index in [0.717, 1.165) is 22.4 Å². The van der Waals surface area contributed by atoms with Gasteiger partial charge in [-0.1, -0.05) is 67.6 Å². The van der Waals surface area contributed by atoms with Gasteiger partial charge in [0.1, 0.15) is 0 Å². The highest BCUT2D eigenvalue weighted by Gasteiger charge is 2.47. The Labute approximate surface area is 188 Å². The molecular weight excluding hydrogens is 400 g/mol. The molecule has 0 saturated heterocycles. The summed E-state index contributed by atoms with van der Waals surface area (Å²) >= 11 is 0. The molecule has 0 fully saturated rings. The van der Waals surface area contributed by atoms with Crippen LogP contribution in [0.3, 0.4) is 0 Å². The summed E-state index contributed by atoms with van der Waals surface area (Å²) in [6.45, 7) is 6.29. The first-order valence-corrected chi connectivity index (χ1v) is 10.6. The second-order valence-corrected chi connectivity index (χ2v) is 9.06. The third-order valence-corrected chi connectivity index (χ3v) is 6.28. The van der Waals surface area contributed by atoms with Gasteiger partial charge in [-0.05, 0) is 49.1 Å². The number of amides is 1. The lowest BCUT2D eigenvalue weighted by atomic mass is 9.65. The fourth-order valence-electron chi connectivity index (χ4n) is 4.93. The number of benzene rings is 3. The molecular formula is C27H26N2O3. The second-order valence-electron chi connectivity index (χ2n) is 9.06. The number of carbonyl (C=O) groups is 1. The molecule has 1 atom stereocenters. The molecule has 1 amide bonds. The normalized spacial score (nSPS) is 19.5. The molecule has 3 aromatic carbocycles. The van der Waals surface area contributed by atoms with Crippen LogP contribution in [0.1, 0.15) is 43.9 Å². The molecule has 32 heavy (non-hydrogen) atoms. The highest BCUT2D eigenvalue weighted by Crippen LogP contribution is 2.50. The average Bonchev–Trinajstić information content (AvgIpc) is 2.78. The van der Waals surface area contributed by atoms with E-state index in [9.17, 15) is 14.9 Å². The number of nitrogens with zero attached hydrogens (tertiary/aromatic N) is 2. The van der Waals surface area contributed by atoms with Crippen molar-refractivity contribution in [2.45, 2.75) is 38.1 Å². The Hall–Kier alpha value is -3.73. The quantitative estimate of drug-likeness (QED) is 0.286. The number of hydrogen-bond donors (Lipinski definition) is 0. The SMILES string of the molecule is CC1(C)C[C@](C)(c2ccc([N+](=O)[O-])cc2)c2ccccc2N1C(=O)/C=C/c1ccccc1. The zero-order valence-corrected chi connectivity index (χ0v) is 18.5. The van der Waals surface area contributed by atoms with Crippen molar-refractivity contribution >= 4 is 23.4 Å². The van der Waals surface area contributed by atoms with Crippen molar-refractivity contribution in [2.24, 2.45) is 0 Å². The maximum atomic E-state index is 13.4. The number of nitro groups is 1. The molecule has 0 bridgehead atoms. The van der Waals surface area contributed by atoms with Crippen LogP contribution in [-0.2, 0) is 10.2 Å². The molecule has 5 nitrogen and oxygen atoms in total. The highest BCUT2D eigenvalue weighted by molar-refractivity contribution is 6.06. The minimum absolute atomic E-state index is 0.0722. The molecule has 1 aliphatic rings. The van der Waals surface area contributed by atoms with E-state index < -0.39 is 11.0 Å². The van der Waals surface area contributed by atoms with Gasteiger partial charge in [0.2, 0.25) is 0 Å². The Morgan fingerprint density at radius 2 is 1.56 bits per heavy atom. The second kappa shape index (κ2) is 8.08. The number of anilines is 1. The van der Waals surface area contributed by atoms with Crippen LogP contribution in [0.2, 0.25) is 0 Å². The molecule has 0 aliphatic carbocycles. The van der Waals surface area contributed by atoms with E-state index in [2.05, 4.69) is 20.8 Å². The summed E-state index contributed by atoms with van der Waals surface area (Å²) in [7, 11) is 0. The number of fused-ring (bicyclic) bond motifs is 1. The van der Waals surface area contributed by atoms with Crippen molar-refractivity contribution in [1.29, 1.82) is 0 Å². The Balaban J connectivity index is 1.77. The molecule has 162 valence electrons. The topological polar surface area (TPSA) is 63.5 Å². The summed E-state index contributed by atoms with van der Waals surface area (Å²) in [6, 6.07) is 24.5. The lowest BCUT2D eigenvalue weighted by Gasteiger charge is -2.51. The van der Waals surface area contributed by atoms with Gasteiger partial charge < -0.3 is 4.90 Å². The highest BCUT2D eigenvalue weighted by atomic mass is 16.6. The maximum Gasteiger partial charge on any atom is 0.269 e. The van der Waals surface area contributed by atoms with Crippen LogP contribution < -0.4 is 4.90 Å². The van der Waals surface area contributed by atoms with Gasteiger partial charge in [0.25, 0.3) is 11.6 Å². The van der Waals surface area contributed by atoms with E-state index in [1.807, 2.05) is 77.7 Å². The first kappa shape index (κ1) is 21.5. The maximum absolute atomic E-state index is 13.4. The molecule has 0 saturated carbocycles. The van der Waals surface area contributed by atoms with Gasteiger partial charge in [-0.15, -0.1) is 0 Å². The fourth-order valence-corrected chi connectivity index (χ4v) is 4.93. The van der Waals surface area contributed by atoms with Crippen molar-refractivity contribution in [2.75, 3.05) is 4.90 Å². The molecule has 5 heteroatoms. The summed E-state index contributed by atoms with van der Waals surface area (Å²) in [5, 5.41) is 11.1. The van der Waals surface area contributed by atoms with Gasteiger partial charge >= 0.3 is 0 Å². The van der Waals surface area contributed by atoms with Gasteiger partial charge in [-0.2, -0.15) is 0 Å². The summed E-state index contributed by atoms with van der Waals surface area (Å²) in [6.07, 6.45) is 4.15. The summed E-state index contributed by atoms with van der Waals surface area (Å²) in [5.74, 6) is -0.0722. The van der Waals surface area contributed by atoms with Crippen LogP contribution in [0.25, 0.3) is 6.08 Å². The molecule has 0 spiro atoms. The monoisotopic (exact) mass is 426 g/mol. The van der Waals surface area contributed by atoms with Gasteiger partial charge in [0, 0.05) is 34.9 Å². The molecule has 1 heterocycles. The number of para-hydroxylation sites is 1. The van der Waals surface area contributed by atoms with Crippen molar-refractivity contribution < 1.29 is 9.72 Å². The number of rotatable bonds is 4. The van der Waals surface area contributed by atoms with Crippen molar-refractivity contribution in [3.05, 3.63) is 112 Å². The van der Waals surface area contributed by atoms with Crippen LogP contribution in [0.15, 0.2) is 84.9 Å². The van der Waals surface area contributed by atoms with Crippen molar-refractivity contribution in [3.63, 3.8) is 0 Å². The zero-order valence-electron chi connectivity index (χ0n) is 18.5. The number of nitro benzene ring substituents is 1. The van der Waals surface area contributed by atoms with Gasteiger partial charge in [-0.3, -0.25) is 14.9 Å². The third-order valence-electron chi connectivity index (χ3n) is 6.28. The summed E-state index contributed by atoms with van der Waals surface area (Å²) in [4.78, 5) is 26.0. The van der Waals surface area contributed by atoms with Crippen molar-refractivity contribution in [3.8, 4) is 0 Å². The zero-order chi connectivity index (χ0) is 22.9. The van der Waals surface area contributed by atoms with Crippen LogP contribution >= 0.6 is 0 Å². The molecule has 0 N–H and O–H groups in total. The largest absolute Gasteiger partial charge is 0.303 e. The van der Waals surface area contributed by atoms with E-state index in [0.29, 0.717) is 6.42 Å². The van der Waals surface area contributed by atoms with Crippen LogP contribution in [0.4, 0.5) is 11.4 Å². The standard InChI is InChI=1S/C27H26N2O3/c1-26(2)19-27(3,21-14-16-22(17-15-21)29(31)32)23-11-7-8-12-24(23)28(26)25(30)18-13-20-9-5-4-6-10-20/h4-18H,19H2,1-3H3/b18-13+/t27-/m1/s1. The predicted molar refractivity (Wildman–Crippen MR) is 128 cm³/mol. The van der Waals surface area contributed by atoms with E-state index in [1.54, 1.807) is 18.2 Å². The molecule has 0 unspecified atom stereocenters. The van der Waals surface area contributed by atoms with E-state index in [1.165, 1.54) is 0 Å². The van der Waals surface area contributed by atoms with E-state index in [-0.39, 0.29) is 16.5 Å². The lowest BCUT2D eigenvalue weighted by Crippen LogP contribution is -2.55. The molecule has 1 aliphatic heterocycles. The first-order valence-electron chi connectivity index (χ1n) is 10.6. The number of non-ortho nitro benzene ring substituents is 1. The Morgan fingerprint density at radius 1 is 0.938 bits per heavy atom.